The highest BCUT2D eigenvalue weighted by atomic mass is 32.1. The number of thiazole rings is 1. The van der Waals surface area contributed by atoms with E-state index < -0.39 is 5.97 Å². The van der Waals surface area contributed by atoms with Crippen molar-refractivity contribution in [2.75, 3.05) is 6.61 Å². The van der Waals surface area contributed by atoms with Crippen LogP contribution in [0.4, 0.5) is 0 Å². The molecule has 0 atom stereocenters. The summed E-state index contributed by atoms with van der Waals surface area (Å²) < 4.78 is 8.88. The van der Waals surface area contributed by atoms with Crippen molar-refractivity contribution in [2.45, 2.75) is 19.4 Å². The Hall–Kier alpha value is -3.64. The number of carboxylic acid groups (broad SMARTS) is 1. The molecular formula is C27H22N2O3S. The Bertz CT molecular complexity index is 1460. The van der Waals surface area contributed by atoms with Gasteiger partial charge < -0.3 is 14.4 Å². The van der Waals surface area contributed by atoms with Crippen LogP contribution in [0.1, 0.15) is 28.9 Å². The van der Waals surface area contributed by atoms with Gasteiger partial charge in [0.05, 0.1) is 22.4 Å². The number of aromatic nitrogens is 2. The topological polar surface area (TPSA) is 64.3 Å². The van der Waals surface area contributed by atoms with E-state index in [1.165, 1.54) is 24.2 Å². The molecule has 0 unspecified atom stereocenters. The van der Waals surface area contributed by atoms with Crippen molar-refractivity contribution >= 4 is 38.4 Å². The molecule has 0 radical (unpaired) electrons. The van der Waals surface area contributed by atoms with Gasteiger partial charge in [0.2, 0.25) is 0 Å². The number of carboxylic acids is 1. The lowest BCUT2D eigenvalue weighted by Gasteiger charge is -2.11. The highest BCUT2D eigenvalue weighted by Gasteiger charge is 2.26. The van der Waals surface area contributed by atoms with E-state index in [0.29, 0.717) is 18.0 Å². The summed E-state index contributed by atoms with van der Waals surface area (Å²) in [6, 6.07) is 23.7. The average Bonchev–Trinajstić information content (AvgIpc) is 3.47. The van der Waals surface area contributed by atoms with Gasteiger partial charge in [-0.05, 0) is 54.7 Å². The number of hydrogen-bond acceptors (Lipinski definition) is 4. The Balaban J connectivity index is 1.47. The quantitative estimate of drug-likeness (QED) is 0.307. The van der Waals surface area contributed by atoms with Crippen LogP contribution in [0.3, 0.4) is 0 Å². The molecule has 164 valence electrons. The fraction of sp³-hybridized carbons (Fsp3) is 0.185. The molecule has 3 aromatic carbocycles. The van der Waals surface area contributed by atoms with Crippen molar-refractivity contribution in [3.8, 4) is 16.3 Å². The maximum absolute atomic E-state index is 12.6. The first-order chi connectivity index (χ1) is 16.2. The molecule has 33 heavy (non-hydrogen) atoms. The summed E-state index contributed by atoms with van der Waals surface area (Å²) in [4.78, 5) is 17.4. The lowest BCUT2D eigenvalue weighted by molar-refractivity contribution is 0.0687. The maximum Gasteiger partial charge on any atom is 0.353 e. The van der Waals surface area contributed by atoms with Crippen molar-refractivity contribution in [3.05, 3.63) is 84.1 Å². The van der Waals surface area contributed by atoms with E-state index >= 15 is 0 Å². The Labute approximate surface area is 194 Å². The van der Waals surface area contributed by atoms with E-state index in [9.17, 15) is 9.90 Å². The van der Waals surface area contributed by atoms with Gasteiger partial charge in [-0.2, -0.15) is 0 Å². The van der Waals surface area contributed by atoms with Crippen molar-refractivity contribution in [1.29, 1.82) is 0 Å². The average molecular weight is 455 g/mol. The molecule has 1 N–H and O–H groups in total. The molecule has 2 aromatic heterocycles. The zero-order chi connectivity index (χ0) is 22.4. The number of rotatable bonds is 7. The van der Waals surface area contributed by atoms with E-state index in [1.54, 1.807) is 0 Å². The highest BCUT2D eigenvalue weighted by Crippen LogP contribution is 2.39. The molecular weight excluding hydrogens is 432 g/mol. The van der Waals surface area contributed by atoms with Crippen LogP contribution in [0, 0.1) is 5.92 Å². The molecule has 1 fully saturated rings. The normalized spacial score (nSPS) is 13.6. The zero-order valence-electron chi connectivity index (χ0n) is 17.9. The van der Waals surface area contributed by atoms with Gasteiger partial charge in [-0.3, -0.25) is 0 Å². The van der Waals surface area contributed by atoms with Crippen LogP contribution >= 0.6 is 11.3 Å². The van der Waals surface area contributed by atoms with Crippen LogP contribution in [0.15, 0.2) is 72.8 Å². The van der Waals surface area contributed by atoms with E-state index in [-0.39, 0.29) is 5.69 Å². The molecule has 6 rings (SSSR count). The SMILES string of the molecule is O=C(O)c1c(-c2nc3ccccc3s2)c2ccccc2n1Cc1cccc(OCC2CC2)c1. The molecule has 1 saturated carbocycles. The molecule has 0 bridgehead atoms. The van der Waals surface area contributed by atoms with Gasteiger partial charge >= 0.3 is 5.97 Å². The van der Waals surface area contributed by atoms with E-state index in [0.717, 1.165) is 44.0 Å². The van der Waals surface area contributed by atoms with Crippen molar-refractivity contribution < 1.29 is 14.6 Å². The van der Waals surface area contributed by atoms with Gasteiger partial charge in [-0.25, -0.2) is 9.78 Å². The van der Waals surface area contributed by atoms with Crippen LogP contribution in [0.5, 0.6) is 5.75 Å². The van der Waals surface area contributed by atoms with Gasteiger partial charge in [0.1, 0.15) is 16.5 Å². The fourth-order valence-electron chi connectivity index (χ4n) is 4.30. The molecule has 0 saturated heterocycles. The number of hydrogen-bond donors (Lipinski definition) is 1. The minimum atomic E-state index is -0.957. The summed E-state index contributed by atoms with van der Waals surface area (Å²) in [5.41, 5.74) is 3.71. The van der Waals surface area contributed by atoms with Gasteiger partial charge in [0, 0.05) is 17.4 Å². The van der Waals surface area contributed by atoms with Crippen molar-refractivity contribution in [1.82, 2.24) is 9.55 Å². The standard InChI is InChI=1S/C27H22N2O3S/c30-27(31)25-24(26-28-21-9-2-4-11-23(21)33-26)20-8-1-3-10-22(20)29(25)15-18-6-5-7-19(14-18)32-16-17-12-13-17/h1-11,14,17H,12-13,15-16H2,(H,30,31). The Morgan fingerprint density at radius 2 is 1.88 bits per heavy atom. The molecule has 6 heteroatoms. The van der Waals surface area contributed by atoms with Crippen LogP contribution in [-0.2, 0) is 6.54 Å². The van der Waals surface area contributed by atoms with Crippen LogP contribution in [-0.4, -0.2) is 27.2 Å². The van der Waals surface area contributed by atoms with Crippen LogP contribution < -0.4 is 4.74 Å². The number of nitrogens with zero attached hydrogens (tertiary/aromatic N) is 2. The maximum atomic E-state index is 12.6. The van der Waals surface area contributed by atoms with Crippen molar-refractivity contribution in [2.24, 2.45) is 5.92 Å². The summed E-state index contributed by atoms with van der Waals surface area (Å²) in [6.07, 6.45) is 2.48. The van der Waals surface area contributed by atoms with Gasteiger partial charge in [-0.1, -0.05) is 42.5 Å². The first kappa shape index (κ1) is 20.0. The summed E-state index contributed by atoms with van der Waals surface area (Å²) in [7, 11) is 0. The summed E-state index contributed by atoms with van der Waals surface area (Å²) in [5, 5.41) is 11.9. The third-order valence-electron chi connectivity index (χ3n) is 6.10. The minimum absolute atomic E-state index is 0.263. The summed E-state index contributed by atoms with van der Waals surface area (Å²) in [5.74, 6) is 0.553. The molecule has 5 nitrogen and oxygen atoms in total. The fourth-order valence-corrected chi connectivity index (χ4v) is 5.33. The van der Waals surface area contributed by atoms with Crippen LogP contribution in [0.2, 0.25) is 0 Å². The number of ether oxygens (including phenoxy) is 1. The highest BCUT2D eigenvalue weighted by molar-refractivity contribution is 7.21. The van der Waals surface area contributed by atoms with E-state index in [4.69, 9.17) is 9.72 Å². The monoisotopic (exact) mass is 454 g/mol. The minimum Gasteiger partial charge on any atom is -0.493 e. The zero-order valence-corrected chi connectivity index (χ0v) is 18.7. The summed E-state index contributed by atoms with van der Waals surface area (Å²) in [6.45, 7) is 1.19. The first-order valence-electron chi connectivity index (χ1n) is 11.1. The predicted octanol–water partition coefficient (Wildman–Crippen LogP) is 6.45. The number of aromatic carboxylic acids is 1. The number of para-hydroxylation sites is 2. The molecule has 0 spiro atoms. The lowest BCUT2D eigenvalue weighted by atomic mass is 10.1. The van der Waals surface area contributed by atoms with Crippen LogP contribution in [0.25, 0.3) is 31.7 Å². The molecule has 1 aliphatic rings. The van der Waals surface area contributed by atoms with E-state index in [1.807, 2.05) is 77.4 Å². The number of carbonyl (C=O) groups is 1. The van der Waals surface area contributed by atoms with Crippen molar-refractivity contribution in [3.63, 3.8) is 0 Å². The molecule has 0 aliphatic heterocycles. The predicted molar refractivity (Wildman–Crippen MR) is 131 cm³/mol. The molecule has 5 aromatic rings. The molecule has 0 amide bonds. The Kier molecular flexibility index (Phi) is 4.88. The second-order valence-electron chi connectivity index (χ2n) is 8.52. The second kappa shape index (κ2) is 8.05. The molecule has 2 heterocycles. The lowest BCUT2D eigenvalue weighted by Crippen LogP contribution is -2.10. The number of fused-ring (bicyclic) bond motifs is 2. The first-order valence-corrected chi connectivity index (χ1v) is 11.9. The Morgan fingerprint density at radius 1 is 1.06 bits per heavy atom. The molecule has 1 aliphatic carbocycles. The Morgan fingerprint density at radius 3 is 2.70 bits per heavy atom. The third kappa shape index (κ3) is 3.76. The second-order valence-corrected chi connectivity index (χ2v) is 9.55. The smallest absolute Gasteiger partial charge is 0.353 e. The third-order valence-corrected chi connectivity index (χ3v) is 7.16. The summed E-state index contributed by atoms with van der Waals surface area (Å²) >= 11 is 1.53. The largest absolute Gasteiger partial charge is 0.493 e. The van der Waals surface area contributed by atoms with Gasteiger partial charge in [0.15, 0.2) is 0 Å². The van der Waals surface area contributed by atoms with Gasteiger partial charge in [0.25, 0.3) is 0 Å². The van der Waals surface area contributed by atoms with E-state index in [2.05, 4.69) is 0 Å². The van der Waals surface area contributed by atoms with Gasteiger partial charge in [-0.15, -0.1) is 11.3 Å². The number of benzene rings is 3.